The molecule has 2 aromatic carbocycles. The van der Waals surface area contributed by atoms with E-state index >= 15 is 0 Å². The topological polar surface area (TPSA) is 34.6 Å². The molecule has 0 unspecified atom stereocenters. The van der Waals surface area contributed by atoms with Gasteiger partial charge in [0.1, 0.15) is 11.4 Å². The van der Waals surface area contributed by atoms with E-state index in [9.17, 15) is 0 Å². The SMILES string of the molecule is Cc1ccc(C)n1/N=C1/C(=N/n2c(C)ccc2C)c2cccc3cccc1c23. The van der Waals surface area contributed by atoms with Crippen molar-refractivity contribution in [3.63, 3.8) is 0 Å². The smallest absolute Gasteiger partial charge is 0.120 e. The van der Waals surface area contributed by atoms with E-state index in [0.717, 1.165) is 45.3 Å². The van der Waals surface area contributed by atoms with Gasteiger partial charge in [-0.25, -0.2) is 9.35 Å². The number of aryl methyl sites for hydroxylation is 4. The zero-order valence-corrected chi connectivity index (χ0v) is 16.6. The Morgan fingerprint density at radius 2 is 0.929 bits per heavy atom. The summed E-state index contributed by atoms with van der Waals surface area (Å²) in [5.41, 5.74) is 8.57. The molecule has 0 fully saturated rings. The molecule has 4 nitrogen and oxygen atoms in total. The minimum Gasteiger partial charge on any atom is -0.242 e. The third-order valence-electron chi connectivity index (χ3n) is 5.51. The summed E-state index contributed by atoms with van der Waals surface area (Å²) < 4.78 is 4.01. The third-order valence-corrected chi connectivity index (χ3v) is 5.51. The Bertz CT molecular complexity index is 1160. The van der Waals surface area contributed by atoms with Gasteiger partial charge in [-0.05, 0) is 57.3 Å². The van der Waals surface area contributed by atoms with Gasteiger partial charge in [0, 0.05) is 39.3 Å². The zero-order chi connectivity index (χ0) is 19.4. The molecule has 0 N–H and O–H groups in total. The van der Waals surface area contributed by atoms with Crippen LogP contribution in [0.25, 0.3) is 10.8 Å². The van der Waals surface area contributed by atoms with Crippen LogP contribution in [-0.2, 0) is 0 Å². The van der Waals surface area contributed by atoms with Crippen molar-refractivity contribution >= 4 is 22.2 Å². The number of hydrogen-bond acceptors (Lipinski definition) is 2. The van der Waals surface area contributed by atoms with Crippen LogP contribution in [0.5, 0.6) is 0 Å². The summed E-state index contributed by atoms with van der Waals surface area (Å²) in [4.78, 5) is 0. The summed E-state index contributed by atoms with van der Waals surface area (Å²) in [7, 11) is 0. The van der Waals surface area contributed by atoms with Gasteiger partial charge in [0.25, 0.3) is 0 Å². The molecule has 0 saturated heterocycles. The fourth-order valence-corrected chi connectivity index (χ4v) is 4.03. The lowest BCUT2D eigenvalue weighted by molar-refractivity contribution is 0.808. The summed E-state index contributed by atoms with van der Waals surface area (Å²) in [6.45, 7) is 8.32. The summed E-state index contributed by atoms with van der Waals surface area (Å²) in [6.07, 6.45) is 0. The first-order chi connectivity index (χ1) is 13.5. The highest BCUT2D eigenvalue weighted by Gasteiger charge is 2.28. The van der Waals surface area contributed by atoms with Crippen molar-refractivity contribution in [3.05, 3.63) is 94.6 Å². The molecular weight excluding hydrogens is 344 g/mol. The Morgan fingerprint density at radius 3 is 1.32 bits per heavy atom. The molecule has 0 spiro atoms. The third kappa shape index (κ3) is 2.38. The molecule has 0 aliphatic heterocycles. The first-order valence-corrected chi connectivity index (χ1v) is 9.55. The zero-order valence-electron chi connectivity index (χ0n) is 16.6. The average molecular weight is 366 g/mol. The molecule has 4 aromatic rings. The molecule has 4 heteroatoms. The van der Waals surface area contributed by atoms with Gasteiger partial charge in [-0.3, -0.25) is 0 Å². The molecule has 2 heterocycles. The standard InChI is InChI=1S/C24H22N4/c1-15-11-12-16(2)27(15)25-23-20-9-5-7-19-8-6-10-21(22(19)20)24(23)26-28-17(3)13-14-18(28)4/h5-14H,1-4H3/b25-23+,26-24+. The second-order valence-corrected chi connectivity index (χ2v) is 7.46. The summed E-state index contributed by atoms with van der Waals surface area (Å²) in [6, 6.07) is 21.2. The quantitative estimate of drug-likeness (QED) is 0.468. The molecule has 0 bridgehead atoms. The largest absolute Gasteiger partial charge is 0.242 e. The van der Waals surface area contributed by atoms with Gasteiger partial charge in [-0.2, -0.15) is 10.2 Å². The van der Waals surface area contributed by atoms with E-state index in [4.69, 9.17) is 10.2 Å². The maximum absolute atomic E-state index is 5.07. The molecule has 138 valence electrons. The second kappa shape index (κ2) is 6.06. The Morgan fingerprint density at radius 1 is 0.536 bits per heavy atom. The van der Waals surface area contributed by atoms with Crippen LogP contribution in [0.15, 0.2) is 70.9 Å². The fourth-order valence-electron chi connectivity index (χ4n) is 4.03. The molecule has 0 saturated carbocycles. The molecule has 1 aliphatic rings. The molecule has 1 aliphatic carbocycles. The molecule has 2 aromatic heterocycles. The van der Waals surface area contributed by atoms with Crippen LogP contribution >= 0.6 is 0 Å². The lowest BCUT2D eigenvalue weighted by Gasteiger charge is -2.09. The van der Waals surface area contributed by atoms with E-state index in [1.165, 1.54) is 10.8 Å². The van der Waals surface area contributed by atoms with Gasteiger partial charge in [-0.1, -0.05) is 36.4 Å². The van der Waals surface area contributed by atoms with E-state index in [-0.39, 0.29) is 0 Å². The van der Waals surface area contributed by atoms with E-state index in [1.807, 2.05) is 9.35 Å². The number of hydrogen-bond donors (Lipinski definition) is 0. The van der Waals surface area contributed by atoms with Gasteiger partial charge >= 0.3 is 0 Å². The summed E-state index contributed by atoms with van der Waals surface area (Å²) >= 11 is 0. The minimum absolute atomic E-state index is 0.918. The Kier molecular flexibility index (Phi) is 3.63. The number of rotatable bonds is 2. The van der Waals surface area contributed by atoms with E-state index < -0.39 is 0 Å². The van der Waals surface area contributed by atoms with Gasteiger partial charge in [0.2, 0.25) is 0 Å². The predicted molar refractivity (Wildman–Crippen MR) is 116 cm³/mol. The number of aromatic nitrogens is 2. The highest BCUT2D eigenvalue weighted by molar-refractivity contribution is 6.60. The molecule has 0 radical (unpaired) electrons. The summed E-state index contributed by atoms with van der Waals surface area (Å²) in [5, 5.41) is 12.6. The lowest BCUT2D eigenvalue weighted by atomic mass is 10.1. The first kappa shape index (κ1) is 16.8. The molecule has 0 amide bonds. The average Bonchev–Trinajstić information content (AvgIpc) is 3.29. The molecule has 0 atom stereocenters. The highest BCUT2D eigenvalue weighted by Crippen LogP contribution is 2.32. The monoisotopic (exact) mass is 366 g/mol. The Hall–Kier alpha value is -3.40. The maximum Gasteiger partial charge on any atom is 0.120 e. The van der Waals surface area contributed by atoms with Crippen molar-refractivity contribution < 1.29 is 0 Å². The van der Waals surface area contributed by atoms with Gasteiger partial charge in [0.05, 0.1) is 0 Å². The lowest BCUT2D eigenvalue weighted by Crippen LogP contribution is -2.16. The normalized spacial score (nSPS) is 16.0. The second-order valence-electron chi connectivity index (χ2n) is 7.46. The van der Waals surface area contributed by atoms with Gasteiger partial charge < -0.3 is 0 Å². The number of benzene rings is 2. The van der Waals surface area contributed by atoms with Crippen LogP contribution in [0.3, 0.4) is 0 Å². The van der Waals surface area contributed by atoms with Crippen molar-refractivity contribution in [3.8, 4) is 0 Å². The minimum atomic E-state index is 0.918. The van der Waals surface area contributed by atoms with Crippen molar-refractivity contribution in [2.24, 2.45) is 10.2 Å². The molecule has 5 rings (SSSR count). The number of nitrogens with zero attached hydrogens (tertiary/aromatic N) is 4. The van der Waals surface area contributed by atoms with Crippen LogP contribution < -0.4 is 0 Å². The fraction of sp³-hybridized carbons (Fsp3) is 0.167. The van der Waals surface area contributed by atoms with Crippen molar-refractivity contribution in [1.82, 2.24) is 9.35 Å². The van der Waals surface area contributed by atoms with Crippen LogP contribution in [0.1, 0.15) is 33.9 Å². The predicted octanol–water partition coefficient (Wildman–Crippen LogP) is 5.19. The van der Waals surface area contributed by atoms with Crippen molar-refractivity contribution in [1.29, 1.82) is 0 Å². The van der Waals surface area contributed by atoms with E-state index in [0.29, 0.717) is 0 Å². The van der Waals surface area contributed by atoms with Crippen molar-refractivity contribution in [2.45, 2.75) is 27.7 Å². The van der Waals surface area contributed by atoms with Crippen LogP contribution in [0.4, 0.5) is 0 Å². The van der Waals surface area contributed by atoms with E-state index in [1.54, 1.807) is 0 Å². The Balaban J connectivity index is 1.85. The van der Waals surface area contributed by atoms with Crippen molar-refractivity contribution in [2.75, 3.05) is 0 Å². The Labute approximate surface area is 164 Å². The van der Waals surface area contributed by atoms with Gasteiger partial charge in [0.15, 0.2) is 0 Å². The first-order valence-electron chi connectivity index (χ1n) is 9.55. The highest BCUT2D eigenvalue weighted by atomic mass is 15.4. The van der Waals surface area contributed by atoms with Gasteiger partial charge in [-0.15, -0.1) is 0 Å². The van der Waals surface area contributed by atoms with E-state index in [2.05, 4.69) is 88.4 Å². The summed E-state index contributed by atoms with van der Waals surface area (Å²) in [5.74, 6) is 0. The molecular formula is C24H22N4. The van der Waals surface area contributed by atoms with Crippen LogP contribution in [0, 0.1) is 27.7 Å². The van der Waals surface area contributed by atoms with Crippen LogP contribution in [0.2, 0.25) is 0 Å². The molecule has 28 heavy (non-hydrogen) atoms. The van der Waals surface area contributed by atoms with Crippen LogP contribution in [-0.4, -0.2) is 20.8 Å². The maximum atomic E-state index is 5.07.